The van der Waals surface area contributed by atoms with Crippen LogP contribution >= 0.6 is 0 Å². The molecule has 6 heteroatoms. The molecule has 1 aromatic carbocycles. The summed E-state index contributed by atoms with van der Waals surface area (Å²) in [7, 11) is 1.62. The quantitative estimate of drug-likeness (QED) is 0.361. The maximum atomic E-state index is 16.0. The molecule has 11 atom stereocenters. The largest absolute Gasteiger partial charge is 0.496 e. The van der Waals surface area contributed by atoms with Gasteiger partial charge in [-0.05, 0) is 91.4 Å². The number of alkyl halides is 2. The number of hydrogen-bond acceptors (Lipinski definition) is 4. The van der Waals surface area contributed by atoms with Crippen LogP contribution in [0.25, 0.3) is 0 Å². The average molecular weight is 535 g/mol. The minimum absolute atomic E-state index is 0.00429. The molecule has 0 amide bonds. The molecule has 1 unspecified atom stereocenters. The van der Waals surface area contributed by atoms with Crippen LogP contribution in [0.15, 0.2) is 24.3 Å². The second-order valence-electron chi connectivity index (χ2n) is 13.8. The SMILES string of the molecule is COc1ccccc1C(O)CCC[C@@H](C)[C@H]1CC[C@H]2[C@H]3[C@H](CC[C@]12C)[C@@]1(C)CC[C@H](O)[C@H](O)[C@@H]1CC3(F)F. The fraction of sp³-hybridized carbons (Fsp3) is 0.812. The zero-order valence-corrected chi connectivity index (χ0v) is 23.6. The van der Waals surface area contributed by atoms with Crippen LogP contribution in [0.2, 0.25) is 0 Å². The van der Waals surface area contributed by atoms with Gasteiger partial charge in [-0.3, -0.25) is 0 Å². The Labute approximate surface area is 227 Å². The number of para-hydroxylation sites is 1. The van der Waals surface area contributed by atoms with E-state index >= 15 is 8.78 Å². The number of aliphatic hydroxyl groups excluding tert-OH is 3. The number of benzene rings is 1. The lowest BCUT2D eigenvalue weighted by Crippen LogP contribution is -2.64. The fourth-order valence-electron chi connectivity index (χ4n) is 10.1. The van der Waals surface area contributed by atoms with Crippen molar-refractivity contribution in [2.24, 2.45) is 46.3 Å². The number of halogens is 2. The van der Waals surface area contributed by atoms with Crippen LogP contribution in [0, 0.1) is 46.3 Å². The van der Waals surface area contributed by atoms with Gasteiger partial charge < -0.3 is 20.1 Å². The third-order valence-electron chi connectivity index (χ3n) is 12.1. The number of rotatable bonds is 7. The van der Waals surface area contributed by atoms with Gasteiger partial charge in [-0.25, -0.2) is 8.78 Å². The highest BCUT2D eigenvalue weighted by Gasteiger charge is 2.69. The van der Waals surface area contributed by atoms with Crippen LogP contribution in [-0.2, 0) is 0 Å². The van der Waals surface area contributed by atoms with Crippen molar-refractivity contribution >= 4 is 0 Å². The first-order chi connectivity index (χ1) is 17.9. The van der Waals surface area contributed by atoms with Gasteiger partial charge in [0.2, 0.25) is 0 Å². The van der Waals surface area contributed by atoms with E-state index in [2.05, 4.69) is 20.8 Å². The molecule has 4 fully saturated rings. The molecule has 4 nitrogen and oxygen atoms in total. The Kier molecular flexibility index (Phi) is 7.67. The Morgan fingerprint density at radius 2 is 1.63 bits per heavy atom. The summed E-state index contributed by atoms with van der Waals surface area (Å²) < 4.78 is 37.4. The zero-order chi connectivity index (χ0) is 27.5. The van der Waals surface area contributed by atoms with Gasteiger partial charge in [0, 0.05) is 17.9 Å². The van der Waals surface area contributed by atoms with Crippen LogP contribution < -0.4 is 4.74 Å². The van der Waals surface area contributed by atoms with Crippen molar-refractivity contribution in [3.8, 4) is 5.75 Å². The summed E-state index contributed by atoms with van der Waals surface area (Å²) in [5.41, 5.74) is 0.395. The molecule has 0 aliphatic heterocycles. The van der Waals surface area contributed by atoms with E-state index in [0.717, 1.165) is 50.5 Å². The lowest BCUT2D eigenvalue weighted by Gasteiger charge is -2.63. The molecule has 0 heterocycles. The maximum absolute atomic E-state index is 16.0. The van der Waals surface area contributed by atoms with Crippen LogP contribution in [0.1, 0.15) is 96.6 Å². The number of methoxy groups -OCH3 is 1. The van der Waals surface area contributed by atoms with E-state index in [1.54, 1.807) is 7.11 Å². The minimum atomic E-state index is -2.81. The van der Waals surface area contributed by atoms with E-state index < -0.39 is 36.1 Å². The molecule has 0 radical (unpaired) electrons. The van der Waals surface area contributed by atoms with Gasteiger partial charge in [0.1, 0.15) is 5.75 Å². The van der Waals surface area contributed by atoms with Gasteiger partial charge in [0.05, 0.1) is 25.4 Å². The Balaban J connectivity index is 1.27. The van der Waals surface area contributed by atoms with Crippen molar-refractivity contribution in [3.05, 3.63) is 29.8 Å². The highest BCUT2D eigenvalue weighted by Crippen LogP contribution is 2.71. The number of aliphatic hydroxyl groups is 3. The predicted octanol–water partition coefficient (Wildman–Crippen LogP) is 6.77. The lowest BCUT2D eigenvalue weighted by molar-refractivity contribution is -0.258. The third-order valence-corrected chi connectivity index (χ3v) is 12.1. The monoisotopic (exact) mass is 534 g/mol. The fourth-order valence-corrected chi connectivity index (χ4v) is 10.1. The molecule has 0 aromatic heterocycles. The average Bonchev–Trinajstić information content (AvgIpc) is 3.24. The van der Waals surface area contributed by atoms with E-state index in [-0.39, 0.29) is 29.1 Å². The summed E-state index contributed by atoms with van der Waals surface area (Å²) >= 11 is 0. The first kappa shape index (κ1) is 28.3. The molecule has 4 saturated carbocycles. The Morgan fingerprint density at radius 3 is 2.37 bits per heavy atom. The summed E-state index contributed by atoms with van der Waals surface area (Å²) in [4.78, 5) is 0. The molecule has 5 rings (SSSR count). The maximum Gasteiger partial charge on any atom is 0.251 e. The molecule has 4 aliphatic rings. The van der Waals surface area contributed by atoms with Gasteiger partial charge in [0.15, 0.2) is 0 Å². The smallest absolute Gasteiger partial charge is 0.251 e. The van der Waals surface area contributed by atoms with E-state index in [1.165, 1.54) is 0 Å². The topological polar surface area (TPSA) is 69.9 Å². The molecule has 0 saturated heterocycles. The standard InChI is InChI=1S/C32H48F2O4/c1-19(8-7-10-25(35)20-9-5-6-11-27(20)38-4)21-12-13-22-28-23(14-16-30(21,22)2)31(3)17-15-26(36)29(37)24(31)18-32(28,33)34/h5-6,9,11,19,21-26,28-29,35-37H,7-8,10,12-18H2,1-4H3/t19-,21-,22+,23+,24+,25?,26+,28+,29-,30-,31-/m1/s1. The van der Waals surface area contributed by atoms with Crippen molar-refractivity contribution in [3.63, 3.8) is 0 Å². The van der Waals surface area contributed by atoms with Crippen molar-refractivity contribution in [1.82, 2.24) is 0 Å². The second-order valence-corrected chi connectivity index (χ2v) is 13.8. The molecule has 0 spiro atoms. The first-order valence-electron chi connectivity index (χ1n) is 15.0. The Morgan fingerprint density at radius 1 is 0.947 bits per heavy atom. The van der Waals surface area contributed by atoms with Gasteiger partial charge in [-0.2, -0.15) is 0 Å². The Hall–Kier alpha value is -1.24. The second kappa shape index (κ2) is 10.3. The van der Waals surface area contributed by atoms with Gasteiger partial charge in [-0.1, -0.05) is 51.8 Å². The van der Waals surface area contributed by atoms with Crippen LogP contribution in [-0.4, -0.2) is 40.6 Å². The van der Waals surface area contributed by atoms with E-state index in [9.17, 15) is 15.3 Å². The van der Waals surface area contributed by atoms with Crippen molar-refractivity contribution in [2.75, 3.05) is 7.11 Å². The molecule has 0 bridgehead atoms. The molecular weight excluding hydrogens is 486 g/mol. The van der Waals surface area contributed by atoms with Crippen molar-refractivity contribution in [1.29, 1.82) is 0 Å². The van der Waals surface area contributed by atoms with Gasteiger partial charge in [-0.15, -0.1) is 0 Å². The normalized spacial score (nSPS) is 43.4. The highest BCUT2D eigenvalue weighted by molar-refractivity contribution is 5.34. The molecule has 3 N–H and O–H groups in total. The third kappa shape index (κ3) is 4.51. The first-order valence-corrected chi connectivity index (χ1v) is 15.0. The van der Waals surface area contributed by atoms with Gasteiger partial charge >= 0.3 is 0 Å². The van der Waals surface area contributed by atoms with Crippen molar-refractivity contribution in [2.45, 2.75) is 109 Å². The molecule has 38 heavy (non-hydrogen) atoms. The van der Waals surface area contributed by atoms with Crippen LogP contribution in [0.3, 0.4) is 0 Å². The minimum Gasteiger partial charge on any atom is -0.496 e. The number of ether oxygens (including phenoxy) is 1. The van der Waals surface area contributed by atoms with E-state index in [0.29, 0.717) is 30.4 Å². The summed E-state index contributed by atoms with van der Waals surface area (Å²) in [6, 6.07) is 7.60. The van der Waals surface area contributed by atoms with E-state index in [1.807, 2.05) is 24.3 Å². The van der Waals surface area contributed by atoms with Crippen LogP contribution in [0.4, 0.5) is 8.78 Å². The summed E-state index contributed by atoms with van der Waals surface area (Å²) in [6.07, 6.45) is 4.58. The number of fused-ring (bicyclic) bond motifs is 5. The zero-order valence-electron chi connectivity index (χ0n) is 23.6. The van der Waals surface area contributed by atoms with Gasteiger partial charge in [0.25, 0.3) is 5.92 Å². The van der Waals surface area contributed by atoms with Crippen molar-refractivity contribution < 1.29 is 28.8 Å². The summed E-state index contributed by atoms with van der Waals surface area (Å²) in [5.74, 6) is -2.52. The molecule has 214 valence electrons. The molecule has 1 aromatic rings. The lowest BCUT2D eigenvalue weighted by atomic mass is 9.43. The predicted molar refractivity (Wildman–Crippen MR) is 144 cm³/mol. The molecular formula is C32H48F2O4. The highest BCUT2D eigenvalue weighted by atomic mass is 19.3. The number of hydrogen-bond donors (Lipinski definition) is 3. The molecule has 4 aliphatic carbocycles. The Bertz CT molecular complexity index is 986. The summed E-state index contributed by atoms with van der Waals surface area (Å²) in [6.45, 7) is 6.70. The van der Waals surface area contributed by atoms with E-state index in [4.69, 9.17) is 4.74 Å². The summed E-state index contributed by atoms with van der Waals surface area (Å²) in [5, 5.41) is 31.8. The van der Waals surface area contributed by atoms with Crippen LogP contribution in [0.5, 0.6) is 5.75 Å².